The number of aromatic nitrogens is 1. The zero-order valence-corrected chi connectivity index (χ0v) is 20.1. The van der Waals surface area contributed by atoms with Gasteiger partial charge in [-0.15, -0.1) is 0 Å². The van der Waals surface area contributed by atoms with Crippen molar-refractivity contribution >= 4 is 23.3 Å². The molecule has 1 aromatic heterocycles. The first kappa shape index (κ1) is 23.3. The molecule has 2 heterocycles. The molecule has 1 N–H and O–H groups in total. The van der Waals surface area contributed by atoms with E-state index >= 15 is 0 Å². The highest BCUT2D eigenvalue weighted by Gasteiger charge is 2.30. The third-order valence-electron chi connectivity index (χ3n) is 7.27. The lowest BCUT2D eigenvalue weighted by atomic mass is 9.82. The molecule has 2 aliphatic rings. The molecular formula is C27H36N4O2. The van der Waals surface area contributed by atoms with Crippen molar-refractivity contribution in [2.75, 3.05) is 36.4 Å². The molecule has 33 heavy (non-hydrogen) atoms. The molecule has 2 fully saturated rings. The Kier molecular flexibility index (Phi) is 7.31. The summed E-state index contributed by atoms with van der Waals surface area (Å²) in [5.41, 5.74) is 3.80. The molecular weight excluding hydrogens is 412 g/mol. The second-order valence-corrected chi connectivity index (χ2v) is 9.62. The lowest BCUT2D eigenvalue weighted by molar-refractivity contribution is -0.137. The maximum atomic E-state index is 12.9. The van der Waals surface area contributed by atoms with Crippen LogP contribution in [-0.4, -0.2) is 47.9 Å². The van der Waals surface area contributed by atoms with Gasteiger partial charge in [0.1, 0.15) is 5.82 Å². The van der Waals surface area contributed by atoms with Crippen LogP contribution in [0.4, 0.5) is 11.5 Å². The van der Waals surface area contributed by atoms with Gasteiger partial charge >= 0.3 is 0 Å². The van der Waals surface area contributed by atoms with Crippen LogP contribution < -0.4 is 10.2 Å². The van der Waals surface area contributed by atoms with Crippen molar-refractivity contribution in [2.45, 2.75) is 52.9 Å². The van der Waals surface area contributed by atoms with Crippen molar-refractivity contribution < 1.29 is 9.59 Å². The van der Waals surface area contributed by atoms with Gasteiger partial charge in [0.25, 0.3) is 5.91 Å². The van der Waals surface area contributed by atoms with E-state index in [1.165, 1.54) is 24.0 Å². The molecule has 0 unspecified atom stereocenters. The molecule has 0 spiro atoms. The van der Waals surface area contributed by atoms with Gasteiger partial charge in [0.05, 0.1) is 5.56 Å². The summed E-state index contributed by atoms with van der Waals surface area (Å²) in [6, 6.07) is 9.74. The summed E-state index contributed by atoms with van der Waals surface area (Å²) in [6.07, 6.45) is 7.03. The molecule has 1 aromatic carbocycles. The Labute approximate surface area is 197 Å². The van der Waals surface area contributed by atoms with Gasteiger partial charge in [-0.2, -0.15) is 0 Å². The normalized spacial score (nSPS) is 21.1. The number of aryl methyl sites for hydroxylation is 2. The number of benzene rings is 1. The van der Waals surface area contributed by atoms with E-state index in [1.54, 1.807) is 6.20 Å². The maximum Gasteiger partial charge on any atom is 0.257 e. The van der Waals surface area contributed by atoms with Crippen LogP contribution in [0.2, 0.25) is 0 Å². The molecule has 1 aliphatic heterocycles. The van der Waals surface area contributed by atoms with Gasteiger partial charge in [0.2, 0.25) is 5.91 Å². The summed E-state index contributed by atoms with van der Waals surface area (Å²) in [5.74, 6) is 2.00. The van der Waals surface area contributed by atoms with E-state index in [4.69, 9.17) is 0 Å². The number of carbonyl (C=O) groups excluding carboxylic acids is 2. The molecule has 6 nitrogen and oxygen atoms in total. The Hall–Kier alpha value is -2.89. The van der Waals surface area contributed by atoms with E-state index < -0.39 is 0 Å². The topological polar surface area (TPSA) is 65.5 Å². The SMILES string of the molecule is CCc1ccc(NC(=O)c2ccc(N3CCN(C(=O)C4CCC(C)CC4)CC3)nc2)cc1C. The van der Waals surface area contributed by atoms with E-state index in [2.05, 4.69) is 42.0 Å². The Bertz CT molecular complexity index is 972. The summed E-state index contributed by atoms with van der Waals surface area (Å²) < 4.78 is 0. The molecule has 2 amide bonds. The van der Waals surface area contributed by atoms with Crippen LogP contribution in [0.15, 0.2) is 36.5 Å². The highest BCUT2D eigenvalue weighted by atomic mass is 16.2. The van der Waals surface area contributed by atoms with Gasteiger partial charge in [-0.3, -0.25) is 9.59 Å². The molecule has 0 radical (unpaired) electrons. The fourth-order valence-electron chi connectivity index (χ4n) is 5.00. The number of rotatable bonds is 5. The number of hydrogen-bond donors (Lipinski definition) is 1. The van der Waals surface area contributed by atoms with Gasteiger partial charge in [-0.05, 0) is 80.3 Å². The molecule has 6 heteroatoms. The van der Waals surface area contributed by atoms with Crippen molar-refractivity contribution in [3.63, 3.8) is 0 Å². The van der Waals surface area contributed by atoms with Crippen LogP contribution in [0.1, 0.15) is 61.0 Å². The Morgan fingerprint density at radius 3 is 2.36 bits per heavy atom. The van der Waals surface area contributed by atoms with Crippen LogP contribution >= 0.6 is 0 Å². The average Bonchev–Trinajstić information content (AvgIpc) is 2.84. The number of piperazine rings is 1. The van der Waals surface area contributed by atoms with E-state index in [-0.39, 0.29) is 11.8 Å². The minimum atomic E-state index is -0.157. The number of nitrogens with zero attached hydrogens (tertiary/aromatic N) is 3. The second-order valence-electron chi connectivity index (χ2n) is 9.62. The molecule has 1 saturated carbocycles. The molecule has 176 valence electrons. The van der Waals surface area contributed by atoms with Gasteiger partial charge in [-0.25, -0.2) is 4.98 Å². The van der Waals surface area contributed by atoms with Gasteiger partial charge in [0, 0.05) is 44.0 Å². The first-order valence-electron chi connectivity index (χ1n) is 12.3. The van der Waals surface area contributed by atoms with Crippen LogP contribution in [0.25, 0.3) is 0 Å². The lowest BCUT2D eigenvalue weighted by Crippen LogP contribution is -2.51. The Morgan fingerprint density at radius 1 is 1.03 bits per heavy atom. The Balaban J connectivity index is 1.30. The minimum Gasteiger partial charge on any atom is -0.353 e. The smallest absolute Gasteiger partial charge is 0.257 e. The van der Waals surface area contributed by atoms with Crippen molar-refractivity contribution in [1.29, 1.82) is 0 Å². The van der Waals surface area contributed by atoms with Crippen LogP contribution in [-0.2, 0) is 11.2 Å². The van der Waals surface area contributed by atoms with E-state index in [0.717, 1.165) is 62.9 Å². The molecule has 1 saturated heterocycles. The third-order valence-corrected chi connectivity index (χ3v) is 7.27. The fourth-order valence-corrected chi connectivity index (χ4v) is 5.00. The molecule has 1 aliphatic carbocycles. The van der Waals surface area contributed by atoms with Crippen LogP contribution in [0.3, 0.4) is 0 Å². The predicted molar refractivity (Wildman–Crippen MR) is 133 cm³/mol. The largest absolute Gasteiger partial charge is 0.353 e. The lowest BCUT2D eigenvalue weighted by Gasteiger charge is -2.38. The van der Waals surface area contributed by atoms with Crippen molar-refractivity contribution in [2.24, 2.45) is 11.8 Å². The average molecular weight is 449 g/mol. The van der Waals surface area contributed by atoms with Crippen LogP contribution in [0, 0.1) is 18.8 Å². The number of pyridine rings is 1. The number of carbonyl (C=O) groups is 2. The number of nitrogens with one attached hydrogen (secondary N) is 1. The first-order chi connectivity index (χ1) is 15.9. The van der Waals surface area contributed by atoms with E-state index in [9.17, 15) is 9.59 Å². The summed E-state index contributed by atoms with van der Waals surface area (Å²) >= 11 is 0. The van der Waals surface area contributed by atoms with Crippen LogP contribution in [0.5, 0.6) is 0 Å². The number of anilines is 2. The highest BCUT2D eigenvalue weighted by molar-refractivity contribution is 6.04. The number of hydrogen-bond acceptors (Lipinski definition) is 4. The maximum absolute atomic E-state index is 12.9. The summed E-state index contributed by atoms with van der Waals surface area (Å²) in [4.78, 5) is 34.3. The molecule has 2 aromatic rings. The van der Waals surface area contributed by atoms with Crippen molar-refractivity contribution in [3.8, 4) is 0 Å². The molecule has 0 bridgehead atoms. The number of amides is 2. The van der Waals surface area contributed by atoms with Gasteiger partial charge in [0.15, 0.2) is 0 Å². The zero-order valence-electron chi connectivity index (χ0n) is 20.1. The van der Waals surface area contributed by atoms with Crippen molar-refractivity contribution in [3.05, 3.63) is 53.2 Å². The summed E-state index contributed by atoms with van der Waals surface area (Å²) in [6.45, 7) is 9.50. The monoisotopic (exact) mass is 448 g/mol. The zero-order chi connectivity index (χ0) is 23.4. The molecule has 0 atom stereocenters. The second kappa shape index (κ2) is 10.4. The predicted octanol–water partition coefficient (Wildman–Crippen LogP) is 4.68. The summed E-state index contributed by atoms with van der Waals surface area (Å²) in [7, 11) is 0. The van der Waals surface area contributed by atoms with Gasteiger partial charge in [-0.1, -0.05) is 19.9 Å². The minimum absolute atomic E-state index is 0.157. The Morgan fingerprint density at radius 2 is 1.76 bits per heavy atom. The van der Waals surface area contributed by atoms with Gasteiger partial charge < -0.3 is 15.1 Å². The van der Waals surface area contributed by atoms with E-state index in [1.807, 2.05) is 29.2 Å². The summed E-state index contributed by atoms with van der Waals surface area (Å²) in [5, 5.41) is 2.96. The standard InChI is InChI=1S/C27H36N4O2/c1-4-21-9-11-24(17-20(21)3)29-26(32)23-10-12-25(28-18-23)30-13-15-31(16-14-30)27(33)22-7-5-19(2)6-8-22/h9-12,17-19,22H,4-8,13-16H2,1-3H3,(H,29,32). The third kappa shape index (κ3) is 5.55. The highest BCUT2D eigenvalue weighted by Crippen LogP contribution is 2.30. The quantitative estimate of drug-likeness (QED) is 0.721. The fraction of sp³-hybridized carbons (Fsp3) is 0.519. The van der Waals surface area contributed by atoms with E-state index in [0.29, 0.717) is 11.5 Å². The molecule has 4 rings (SSSR count). The first-order valence-corrected chi connectivity index (χ1v) is 12.3. The van der Waals surface area contributed by atoms with Crippen molar-refractivity contribution in [1.82, 2.24) is 9.88 Å².